The number of hydrogen-bond donors (Lipinski definition) is 2. The van der Waals surface area contributed by atoms with Gasteiger partial charge in [-0.05, 0) is 42.2 Å². The van der Waals surface area contributed by atoms with Crippen LogP contribution in [0.2, 0.25) is 0 Å². The van der Waals surface area contributed by atoms with Crippen molar-refractivity contribution in [2.24, 2.45) is 7.05 Å². The third-order valence-corrected chi connectivity index (χ3v) is 7.20. The van der Waals surface area contributed by atoms with Crippen molar-refractivity contribution in [2.45, 2.75) is 19.4 Å². The Morgan fingerprint density at radius 2 is 1.85 bits per heavy atom. The molecule has 0 saturated heterocycles. The van der Waals surface area contributed by atoms with Gasteiger partial charge in [0.25, 0.3) is 0 Å². The quantitative estimate of drug-likeness (QED) is 0.270. The summed E-state index contributed by atoms with van der Waals surface area (Å²) in [5.74, 6) is -0.256. The number of nitrogens with one attached hydrogen (secondary N) is 1. The lowest BCUT2D eigenvalue weighted by Gasteiger charge is -2.17. The SMILES string of the molecule is COCCn1cc(-c2ccc(-c3c4c(nn3C)CCc3cnc(Nc5ccc(C(=O)O)cc5OC)nc3-4)cc2)cn1. The second-order valence-electron chi connectivity index (χ2n) is 9.77. The maximum Gasteiger partial charge on any atom is 0.335 e. The van der Waals surface area contributed by atoms with Crippen LogP contribution in [0.3, 0.4) is 0 Å². The molecule has 0 unspecified atom stereocenters. The summed E-state index contributed by atoms with van der Waals surface area (Å²) in [6.45, 7) is 1.31. The van der Waals surface area contributed by atoms with E-state index >= 15 is 0 Å². The first-order valence-electron chi connectivity index (χ1n) is 13.2. The summed E-state index contributed by atoms with van der Waals surface area (Å²) in [5.41, 5.74) is 8.70. The van der Waals surface area contributed by atoms with E-state index in [9.17, 15) is 9.90 Å². The molecule has 208 valence electrons. The molecule has 0 atom stereocenters. The summed E-state index contributed by atoms with van der Waals surface area (Å²) in [6, 6.07) is 13.0. The van der Waals surface area contributed by atoms with Crippen LogP contribution in [0.1, 0.15) is 21.6 Å². The molecule has 3 aromatic heterocycles. The predicted octanol–water partition coefficient (Wildman–Crippen LogP) is 4.60. The number of rotatable bonds is 9. The highest BCUT2D eigenvalue weighted by Gasteiger charge is 2.27. The van der Waals surface area contributed by atoms with Gasteiger partial charge in [-0.3, -0.25) is 9.36 Å². The van der Waals surface area contributed by atoms with E-state index in [0.717, 1.165) is 57.7 Å². The standard InChI is InChI=1S/C30H29N7O4/c1-36-28(19-6-4-18(5-7-19)22-16-32-37(17-22)12-13-40-2)26-24(35-36)11-9-21-15-31-30(34-27(21)26)33-23-10-8-20(29(38)39)14-25(23)41-3/h4-8,10,14-17H,9,11-13H2,1-3H3,(H,38,39)(H,31,33,34). The molecule has 2 aromatic carbocycles. The van der Waals surface area contributed by atoms with Crippen LogP contribution < -0.4 is 10.1 Å². The van der Waals surface area contributed by atoms with Crippen LogP contribution in [0.4, 0.5) is 11.6 Å². The number of aryl methyl sites for hydroxylation is 3. The second kappa shape index (κ2) is 10.9. The molecule has 3 heterocycles. The lowest BCUT2D eigenvalue weighted by molar-refractivity contribution is 0.0696. The molecule has 0 aliphatic heterocycles. The maximum atomic E-state index is 11.4. The van der Waals surface area contributed by atoms with E-state index in [1.807, 2.05) is 35.0 Å². The third-order valence-electron chi connectivity index (χ3n) is 7.20. The molecule has 0 saturated carbocycles. The van der Waals surface area contributed by atoms with Gasteiger partial charge in [-0.15, -0.1) is 0 Å². The summed E-state index contributed by atoms with van der Waals surface area (Å²) in [4.78, 5) is 20.8. The van der Waals surface area contributed by atoms with Crippen molar-refractivity contribution in [1.82, 2.24) is 29.5 Å². The predicted molar refractivity (Wildman–Crippen MR) is 153 cm³/mol. The van der Waals surface area contributed by atoms with Crippen molar-refractivity contribution in [3.63, 3.8) is 0 Å². The largest absolute Gasteiger partial charge is 0.495 e. The van der Waals surface area contributed by atoms with Gasteiger partial charge in [-0.1, -0.05) is 24.3 Å². The fourth-order valence-corrected chi connectivity index (χ4v) is 5.14. The Morgan fingerprint density at radius 1 is 1.05 bits per heavy atom. The normalized spacial score (nSPS) is 12.1. The average Bonchev–Trinajstić information content (AvgIpc) is 3.60. The molecule has 2 N–H and O–H groups in total. The topological polar surface area (TPSA) is 129 Å². The Balaban J connectivity index is 1.33. The Hall–Kier alpha value is -5.03. The number of carbonyl (C=O) groups is 1. The van der Waals surface area contributed by atoms with Gasteiger partial charge in [0.1, 0.15) is 5.75 Å². The minimum Gasteiger partial charge on any atom is -0.495 e. The number of ether oxygens (including phenoxy) is 2. The first kappa shape index (κ1) is 26.2. The van der Waals surface area contributed by atoms with Gasteiger partial charge < -0.3 is 19.9 Å². The summed E-state index contributed by atoms with van der Waals surface area (Å²) in [5, 5.41) is 21.8. The lowest BCUT2D eigenvalue weighted by atomic mass is 9.91. The molecule has 0 radical (unpaired) electrons. The van der Waals surface area contributed by atoms with Gasteiger partial charge in [0, 0.05) is 43.2 Å². The van der Waals surface area contributed by atoms with Crippen LogP contribution >= 0.6 is 0 Å². The second-order valence-corrected chi connectivity index (χ2v) is 9.77. The van der Waals surface area contributed by atoms with E-state index in [-0.39, 0.29) is 5.56 Å². The molecule has 0 spiro atoms. The summed E-state index contributed by atoms with van der Waals surface area (Å²) in [7, 11) is 5.13. The first-order valence-corrected chi connectivity index (χ1v) is 13.2. The lowest BCUT2D eigenvalue weighted by Crippen LogP contribution is -2.09. The number of anilines is 2. The van der Waals surface area contributed by atoms with E-state index in [1.165, 1.54) is 19.2 Å². The van der Waals surface area contributed by atoms with Crippen molar-refractivity contribution in [1.29, 1.82) is 0 Å². The highest BCUT2D eigenvalue weighted by Crippen LogP contribution is 2.40. The summed E-state index contributed by atoms with van der Waals surface area (Å²) >= 11 is 0. The highest BCUT2D eigenvalue weighted by atomic mass is 16.5. The zero-order valence-corrected chi connectivity index (χ0v) is 23.0. The number of nitrogens with zero attached hydrogens (tertiary/aromatic N) is 6. The third kappa shape index (κ3) is 5.03. The van der Waals surface area contributed by atoms with Crippen LogP contribution in [0.5, 0.6) is 5.75 Å². The monoisotopic (exact) mass is 551 g/mol. The number of hydrogen-bond acceptors (Lipinski definition) is 8. The molecule has 5 aromatic rings. The minimum atomic E-state index is -1.03. The van der Waals surface area contributed by atoms with Gasteiger partial charge in [0.15, 0.2) is 0 Å². The van der Waals surface area contributed by atoms with E-state index in [4.69, 9.17) is 19.6 Å². The van der Waals surface area contributed by atoms with Crippen LogP contribution in [0.15, 0.2) is 61.1 Å². The highest BCUT2D eigenvalue weighted by molar-refractivity contribution is 5.89. The van der Waals surface area contributed by atoms with Gasteiger partial charge >= 0.3 is 5.97 Å². The number of carboxylic acids is 1. The van der Waals surface area contributed by atoms with Crippen LogP contribution in [-0.4, -0.2) is 61.4 Å². The smallest absolute Gasteiger partial charge is 0.335 e. The van der Waals surface area contributed by atoms with Crippen molar-refractivity contribution >= 4 is 17.6 Å². The number of fused-ring (bicyclic) bond motifs is 3. The van der Waals surface area contributed by atoms with E-state index < -0.39 is 5.97 Å². The molecule has 41 heavy (non-hydrogen) atoms. The Labute approximate surface area is 236 Å². The number of methoxy groups -OCH3 is 2. The molecule has 0 amide bonds. The van der Waals surface area contributed by atoms with E-state index in [0.29, 0.717) is 30.5 Å². The Bertz CT molecular complexity index is 1740. The molecule has 11 nitrogen and oxygen atoms in total. The first-order chi connectivity index (χ1) is 19.9. The summed E-state index contributed by atoms with van der Waals surface area (Å²) in [6.07, 6.45) is 7.32. The molecular weight excluding hydrogens is 522 g/mol. The van der Waals surface area contributed by atoms with Crippen molar-refractivity contribution in [2.75, 3.05) is 26.1 Å². The molecule has 0 fully saturated rings. The minimum absolute atomic E-state index is 0.134. The van der Waals surface area contributed by atoms with Crippen molar-refractivity contribution in [3.8, 4) is 39.4 Å². The van der Waals surface area contributed by atoms with E-state index in [2.05, 4.69) is 39.7 Å². The number of aromatic nitrogens is 6. The average molecular weight is 552 g/mol. The van der Waals surface area contributed by atoms with Crippen LogP contribution in [-0.2, 0) is 31.2 Å². The van der Waals surface area contributed by atoms with Gasteiger partial charge in [-0.25, -0.2) is 14.8 Å². The number of benzene rings is 2. The summed E-state index contributed by atoms with van der Waals surface area (Å²) < 4.78 is 14.4. The van der Waals surface area contributed by atoms with Gasteiger partial charge in [0.05, 0.1) is 54.8 Å². The number of carboxylic acid groups (broad SMARTS) is 1. The van der Waals surface area contributed by atoms with Gasteiger partial charge in [-0.2, -0.15) is 10.2 Å². The molecule has 1 aliphatic carbocycles. The molecular formula is C30H29N7O4. The van der Waals surface area contributed by atoms with Gasteiger partial charge in [0.2, 0.25) is 5.95 Å². The van der Waals surface area contributed by atoms with Crippen LogP contribution in [0.25, 0.3) is 33.6 Å². The molecule has 11 heteroatoms. The van der Waals surface area contributed by atoms with Crippen LogP contribution in [0, 0.1) is 0 Å². The molecule has 0 bridgehead atoms. The fourth-order valence-electron chi connectivity index (χ4n) is 5.14. The van der Waals surface area contributed by atoms with Crippen molar-refractivity contribution < 1.29 is 19.4 Å². The molecule has 6 rings (SSSR count). The zero-order chi connectivity index (χ0) is 28.5. The number of aromatic carboxylic acids is 1. The fraction of sp³-hybridized carbons (Fsp3) is 0.233. The maximum absolute atomic E-state index is 11.4. The Kier molecular flexibility index (Phi) is 6.94. The zero-order valence-electron chi connectivity index (χ0n) is 23.0. The Morgan fingerprint density at radius 3 is 2.61 bits per heavy atom. The van der Waals surface area contributed by atoms with E-state index in [1.54, 1.807) is 13.2 Å². The van der Waals surface area contributed by atoms with Crippen molar-refractivity contribution in [3.05, 3.63) is 77.9 Å². The molecule has 1 aliphatic rings.